The summed E-state index contributed by atoms with van der Waals surface area (Å²) in [5, 5.41) is 15.6. The lowest BCUT2D eigenvalue weighted by Gasteiger charge is -2.00. The van der Waals surface area contributed by atoms with Gasteiger partial charge in [0.1, 0.15) is 0 Å². The number of nitrogens with zero attached hydrogens (tertiary/aromatic N) is 2. The van der Waals surface area contributed by atoms with Crippen LogP contribution in [0.5, 0.6) is 0 Å². The number of pyridine rings is 1. The molecule has 0 fully saturated rings. The van der Waals surface area contributed by atoms with Gasteiger partial charge < -0.3 is 5.73 Å². The van der Waals surface area contributed by atoms with Gasteiger partial charge in [0.15, 0.2) is 5.17 Å². The summed E-state index contributed by atoms with van der Waals surface area (Å²) < 4.78 is 0. The third-order valence-corrected chi connectivity index (χ3v) is 2.32. The second-order valence-electron chi connectivity index (χ2n) is 2.69. The van der Waals surface area contributed by atoms with Crippen molar-refractivity contribution in [3.8, 4) is 6.07 Å². The van der Waals surface area contributed by atoms with Crippen LogP contribution in [0.4, 0.5) is 0 Å². The van der Waals surface area contributed by atoms with E-state index in [1.54, 1.807) is 12.4 Å². The van der Waals surface area contributed by atoms with Gasteiger partial charge in [-0.25, -0.2) is 0 Å². The zero-order valence-electron chi connectivity index (χ0n) is 7.93. The van der Waals surface area contributed by atoms with Gasteiger partial charge in [-0.15, -0.1) is 12.4 Å². The molecule has 1 aromatic rings. The first kappa shape index (κ1) is 13.8. The highest BCUT2D eigenvalue weighted by molar-refractivity contribution is 8.13. The Kier molecular flexibility index (Phi) is 6.50. The second-order valence-corrected chi connectivity index (χ2v) is 3.71. The Morgan fingerprint density at radius 2 is 2.20 bits per heavy atom. The average Bonchev–Trinajstić information content (AvgIpc) is 2.16. The lowest BCUT2D eigenvalue weighted by atomic mass is 10.2. The van der Waals surface area contributed by atoms with Crippen LogP contribution in [-0.2, 0) is 12.2 Å². The molecule has 0 amide bonds. The van der Waals surface area contributed by atoms with Crippen molar-refractivity contribution in [1.29, 1.82) is 10.7 Å². The monoisotopic (exact) mass is 242 g/mol. The molecule has 0 aliphatic rings. The van der Waals surface area contributed by atoms with Crippen LogP contribution < -0.4 is 5.73 Å². The van der Waals surface area contributed by atoms with Crippen molar-refractivity contribution in [2.24, 2.45) is 5.73 Å². The van der Waals surface area contributed by atoms with Crippen molar-refractivity contribution < 1.29 is 0 Å². The molecule has 1 rings (SSSR count). The third kappa shape index (κ3) is 5.25. The standard InChI is InChI=1S/C9H10N4S.ClH/c10-2-1-7-3-8(5-13-4-7)6-14-9(11)12;/h3-5H,1,6H2,(H3,11,12);1H. The number of nitrogens with one attached hydrogen (secondary N) is 1. The summed E-state index contributed by atoms with van der Waals surface area (Å²) in [6.45, 7) is 0. The quantitative estimate of drug-likeness (QED) is 0.624. The van der Waals surface area contributed by atoms with E-state index in [0.29, 0.717) is 12.2 Å². The summed E-state index contributed by atoms with van der Waals surface area (Å²) >= 11 is 1.25. The Bertz CT molecular complexity index is 375. The molecule has 0 bridgehead atoms. The van der Waals surface area contributed by atoms with E-state index in [2.05, 4.69) is 11.1 Å². The van der Waals surface area contributed by atoms with Crippen LogP contribution in [0.2, 0.25) is 0 Å². The van der Waals surface area contributed by atoms with Gasteiger partial charge >= 0.3 is 0 Å². The maximum Gasteiger partial charge on any atom is 0.151 e. The Labute approximate surface area is 98.8 Å². The molecular formula is C9H11ClN4S. The maximum absolute atomic E-state index is 8.49. The Hall–Kier alpha value is -1.25. The van der Waals surface area contributed by atoms with Gasteiger partial charge in [-0.3, -0.25) is 10.4 Å². The molecular weight excluding hydrogens is 232 g/mol. The van der Waals surface area contributed by atoms with Crippen molar-refractivity contribution in [3.63, 3.8) is 0 Å². The van der Waals surface area contributed by atoms with Crippen molar-refractivity contribution in [1.82, 2.24) is 4.98 Å². The van der Waals surface area contributed by atoms with E-state index in [0.717, 1.165) is 11.1 Å². The first-order valence-electron chi connectivity index (χ1n) is 3.99. The number of hydrogen-bond donors (Lipinski definition) is 2. The summed E-state index contributed by atoms with van der Waals surface area (Å²) in [5.41, 5.74) is 7.09. The smallest absolute Gasteiger partial charge is 0.151 e. The molecule has 0 saturated carbocycles. The third-order valence-electron chi connectivity index (χ3n) is 1.53. The summed E-state index contributed by atoms with van der Waals surface area (Å²) in [7, 11) is 0. The van der Waals surface area contributed by atoms with E-state index < -0.39 is 0 Å². The van der Waals surface area contributed by atoms with E-state index in [9.17, 15) is 0 Å². The van der Waals surface area contributed by atoms with Gasteiger partial charge in [0, 0.05) is 18.1 Å². The van der Waals surface area contributed by atoms with Gasteiger partial charge in [0.2, 0.25) is 0 Å². The molecule has 0 aliphatic carbocycles. The van der Waals surface area contributed by atoms with E-state index in [-0.39, 0.29) is 17.6 Å². The highest BCUT2D eigenvalue weighted by atomic mass is 35.5. The lowest BCUT2D eigenvalue weighted by molar-refractivity contribution is 1.16. The number of halogens is 1. The molecule has 4 nitrogen and oxygen atoms in total. The van der Waals surface area contributed by atoms with Gasteiger partial charge in [-0.05, 0) is 11.1 Å². The molecule has 15 heavy (non-hydrogen) atoms. The lowest BCUT2D eigenvalue weighted by Crippen LogP contribution is -2.04. The van der Waals surface area contributed by atoms with Crippen LogP contribution in [-0.4, -0.2) is 10.2 Å². The normalized spacial score (nSPS) is 8.73. The number of rotatable bonds is 3. The summed E-state index contributed by atoms with van der Waals surface area (Å²) in [4.78, 5) is 4.01. The van der Waals surface area contributed by atoms with Gasteiger partial charge in [-0.2, -0.15) is 5.26 Å². The van der Waals surface area contributed by atoms with Crippen LogP contribution in [0.15, 0.2) is 18.5 Å². The molecule has 1 heterocycles. The van der Waals surface area contributed by atoms with Crippen LogP contribution in [0, 0.1) is 16.7 Å². The Balaban J connectivity index is 0.00000196. The minimum absolute atomic E-state index is 0. The average molecular weight is 243 g/mol. The second kappa shape index (κ2) is 7.10. The van der Waals surface area contributed by atoms with Crippen molar-refractivity contribution >= 4 is 29.3 Å². The molecule has 80 valence electrons. The largest absolute Gasteiger partial charge is 0.379 e. The number of thioether (sulfide) groups is 1. The van der Waals surface area contributed by atoms with Crippen molar-refractivity contribution in [2.45, 2.75) is 12.2 Å². The number of amidine groups is 1. The molecule has 6 heteroatoms. The fraction of sp³-hybridized carbons (Fsp3) is 0.222. The van der Waals surface area contributed by atoms with E-state index in [4.69, 9.17) is 16.4 Å². The molecule has 0 radical (unpaired) electrons. The fourth-order valence-electron chi connectivity index (χ4n) is 0.969. The molecule has 0 unspecified atom stereocenters. The molecule has 3 N–H and O–H groups in total. The number of nitriles is 1. The molecule has 0 saturated heterocycles. The summed E-state index contributed by atoms with van der Waals surface area (Å²) in [6.07, 6.45) is 3.76. The van der Waals surface area contributed by atoms with Gasteiger partial charge in [0.05, 0.1) is 12.5 Å². The number of hydrogen-bond acceptors (Lipinski definition) is 4. The first-order chi connectivity index (χ1) is 6.72. The van der Waals surface area contributed by atoms with E-state index in [1.165, 1.54) is 11.8 Å². The molecule has 0 spiro atoms. The number of aromatic nitrogens is 1. The molecule has 1 aromatic heterocycles. The van der Waals surface area contributed by atoms with Crippen LogP contribution in [0.3, 0.4) is 0 Å². The van der Waals surface area contributed by atoms with Gasteiger partial charge in [0.25, 0.3) is 0 Å². The minimum atomic E-state index is 0. The zero-order chi connectivity index (χ0) is 10.4. The maximum atomic E-state index is 8.49. The van der Waals surface area contributed by atoms with Gasteiger partial charge in [-0.1, -0.05) is 17.8 Å². The topological polar surface area (TPSA) is 86.5 Å². The van der Waals surface area contributed by atoms with Crippen LogP contribution >= 0.6 is 24.2 Å². The highest BCUT2D eigenvalue weighted by Crippen LogP contribution is 2.11. The minimum Gasteiger partial charge on any atom is -0.379 e. The number of nitrogens with two attached hydrogens (primary N) is 1. The fourth-order valence-corrected chi connectivity index (χ4v) is 1.45. The van der Waals surface area contributed by atoms with Crippen molar-refractivity contribution in [2.75, 3.05) is 0 Å². The predicted molar refractivity (Wildman–Crippen MR) is 64.0 cm³/mol. The zero-order valence-corrected chi connectivity index (χ0v) is 9.57. The molecule has 0 aliphatic heterocycles. The highest BCUT2D eigenvalue weighted by Gasteiger charge is 1.98. The summed E-state index contributed by atoms with van der Waals surface area (Å²) in [6, 6.07) is 3.97. The summed E-state index contributed by atoms with van der Waals surface area (Å²) in [5.74, 6) is 0.627. The van der Waals surface area contributed by atoms with Crippen LogP contribution in [0.1, 0.15) is 11.1 Å². The van der Waals surface area contributed by atoms with Crippen LogP contribution in [0.25, 0.3) is 0 Å². The van der Waals surface area contributed by atoms with Crippen molar-refractivity contribution in [3.05, 3.63) is 29.6 Å². The van der Waals surface area contributed by atoms with E-state index >= 15 is 0 Å². The SMILES string of the molecule is Cl.N#CCc1cncc(CSC(=N)N)c1. The predicted octanol–water partition coefficient (Wildman–Crippen LogP) is 1.70. The molecule has 0 aromatic carbocycles. The Morgan fingerprint density at radius 1 is 1.53 bits per heavy atom. The first-order valence-corrected chi connectivity index (χ1v) is 4.97. The van der Waals surface area contributed by atoms with E-state index in [1.807, 2.05) is 6.07 Å². The molecule has 0 atom stereocenters. The Morgan fingerprint density at radius 3 is 2.80 bits per heavy atom.